The molecule has 2 aromatic rings. The number of nitrogens with one attached hydrogen (secondary N) is 1. The van der Waals surface area contributed by atoms with Gasteiger partial charge in [-0.05, 0) is 0 Å². The van der Waals surface area contributed by atoms with Crippen LogP contribution >= 0.6 is 11.3 Å². The topological polar surface area (TPSA) is 92.5 Å². The largest absolute Gasteiger partial charge is 0.278 e. The molecule has 17 heavy (non-hydrogen) atoms. The average Bonchev–Trinajstić information content (AvgIpc) is 2.76. The van der Waals surface area contributed by atoms with Crippen LogP contribution in [0.2, 0.25) is 0 Å². The molecule has 2 aromatic heterocycles. The molecule has 0 aliphatic rings. The quantitative estimate of drug-likeness (QED) is 0.766. The second-order valence-corrected chi connectivity index (χ2v) is 6.50. The molecule has 8 nitrogen and oxygen atoms in total. The van der Waals surface area contributed by atoms with Crippen LogP contribution in [-0.4, -0.2) is 53.2 Å². The van der Waals surface area contributed by atoms with Crippen molar-refractivity contribution in [2.75, 3.05) is 20.6 Å². The van der Waals surface area contributed by atoms with E-state index in [0.717, 1.165) is 9.31 Å². The zero-order chi connectivity index (χ0) is 12.5. The summed E-state index contributed by atoms with van der Waals surface area (Å²) in [6, 6.07) is 0. The molecular formula is C7H12N6O2S2. The first-order valence-corrected chi connectivity index (χ1v) is 7.07. The van der Waals surface area contributed by atoms with Gasteiger partial charge in [0.05, 0.1) is 0 Å². The highest BCUT2D eigenvalue weighted by atomic mass is 32.2. The monoisotopic (exact) mass is 276 g/mol. The van der Waals surface area contributed by atoms with Gasteiger partial charge in [-0.25, -0.2) is 4.72 Å². The third kappa shape index (κ3) is 2.77. The minimum atomic E-state index is -3.36. The van der Waals surface area contributed by atoms with Gasteiger partial charge in [0.15, 0.2) is 0 Å². The van der Waals surface area contributed by atoms with Crippen molar-refractivity contribution in [2.45, 2.75) is 6.42 Å². The van der Waals surface area contributed by atoms with Crippen LogP contribution in [0.15, 0.2) is 6.33 Å². The van der Waals surface area contributed by atoms with E-state index in [2.05, 4.69) is 20.0 Å². The van der Waals surface area contributed by atoms with Crippen LogP contribution in [0.5, 0.6) is 0 Å². The van der Waals surface area contributed by atoms with Gasteiger partial charge in [0.1, 0.15) is 11.3 Å². The molecule has 0 aliphatic carbocycles. The number of hydrogen-bond donors (Lipinski definition) is 1. The second kappa shape index (κ2) is 4.64. The first-order chi connectivity index (χ1) is 7.99. The first kappa shape index (κ1) is 12.4. The highest BCUT2D eigenvalue weighted by Crippen LogP contribution is 2.11. The van der Waals surface area contributed by atoms with Crippen molar-refractivity contribution in [3.05, 3.63) is 11.3 Å². The van der Waals surface area contributed by atoms with Gasteiger partial charge < -0.3 is 0 Å². The summed E-state index contributed by atoms with van der Waals surface area (Å²) in [5.41, 5.74) is 0. The highest BCUT2D eigenvalue weighted by Gasteiger charge is 2.12. The van der Waals surface area contributed by atoms with Gasteiger partial charge >= 0.3 is 0 Å². The summed E-state index contributed by atoms with van der Waals surface area (Å²) < 4.78 is 28.0. The number of aromatic nitrogens is 4. The number of fused-ring (bicyclic) bond motifs is 1. The third-order valence-corrected chi connectivity index (χ3v) is 4.54. The van der Waals surface area contributed by atoms with E-state index in [1.165, 1.54) is 31.8 Å². The fourth-order valence-corrected chi connectivity index (χ4v) is 2.55. The van der Waals surface area contributed by atoms with Crippen molar-refractivity contribution in [3.8, 4) is 0 Å². The van der Waals surface area contributed by atoms with Gasteiger partial charge in [0.2, 0.25) is 4.96 Å². The number of rotatable bonds is 5. The Morgan fingerprint density at radius 2 is 2.29 bits per heavy atom. The third-order valence-electron chi connectivity index (χ3n) is 2.03. The van der Waals surface area contributed by atoms with Crippen molar-refractivity contribution in [1.29, 1.82) is 0 Å². The Morgan fingerprint density at radius 1 is 1.53 bits per heavy atom. The molecule has 0 amide bonds. The summed E-state index contributed by atoms with van der Waals surface area (Å²) in [7, 11) is -0.404. The van der Waals surface area contributed by atoms with E-state index in [0.29, 0.717) is 17.9 Å². The van der Waals surface area contributed by atoms with Crippen LogP contribution in [0.25, 0.3) is 4.96 Å². The number of hydrogen-bond acceptors (Lipinski definition) is 6. The molecule has 0 saturated heterocycles. The molecule has 0 aromatic carbocycles. The van der Waals surface area contributed by atoms with Crippen molar-refractivity contribution < 1.29 is 8.42 Å². The van der Waals surface area contributed by atoms with E-state index in [9.17, 15) is 8.42 Å². The Balaban J connectivity index is 1.93. The van der Waals surface area contributed by atoms with Crippen molar-refractivity contribution in [1.82, 2.24) is 28.8 Å². The molecule has 2 rings (SSSR count). The molecule has 1 N–H and O–H groups in total. The lowest BCUT2D eigenvalue weighted by Gasteiger charge is -2.11. The average molecular weight is 276 g/mol. The molecule has 0 fully saturated rings. The zero-order valence-electron chi connectivity index (χ0n) is 9.36. The van der Waals surface area contributed by atoms with Crippen LogP contribution < -0.4 is 4.72 Å². The van der Waals surface area contributed by atoms with Gasteiger partial charge in [0.25, 0.3) is 10.2 Å². The Labute approximate surface area is 102 Å². The Morgan fingerprint density at radius 3 is 2.94 bits per heavy atom. The summed E-state index contributed by atoms with van der Waals surface area (Å²) >= 11 is 1.39. The van der Waals surface area contributed by atoms with Gasteiger partial charge in [-0.15, -0.1) is 10.2 Å². The van der Waals surface area contributed by atoms with E-state index in [4.69, 9.17) is 0 Å². The van der Waals surface area contributed by atoms with Crippen LogP contribution in [0.3, 0.4) is 0 Å². The smallest absolute Gasteiger partial charge is 0.202 e. The minimum absolute atomic E-state index is 0.310. The van der Waals surface area contributed by atoms with Gasteiger partial charge in [-0.3, -0.25) is 0 Å². The van der Waals surface area contributed by atoms with E-state index in [1.807, 2.05) is 0 Å². The predicted octanol–water partition coefficient (Wildman–Crippen LogP) is -0.876. The van der Waals surface area contributed by atoms with Crippen LogP contribution in [0, 0.1) is 0 Å². The van der Waals surface area contributed by atoms with Crippen LogP contribution in [0.4, 0.5) is 0 Å². The molecule has 0 saturated carbocycles. The first-order valence-electron chi connectivity index (χ1n) is 4.82. The van der Waals surface area contributed by atoms with E-state index < -0.39 is 10.2 Å². The van der Waals surface area contributed by atoms with Crippen molar-refractivity contribution >= 4 is 26.5 Å². The molecule has 0 radical (unpaired) electrons. The van der Waals surface area contributed by atoms with Crippen molar-refractivity contribution in [3.63, 3.8) is 0 Å². The normalized spacial score (nSPS) is 12.6. The maximum absolute atomic E-state index is 11.4. The fourth-order valence-electron chi connectivity index (χ4n) is 1.12. The fraction of sp³-hybridized carbons (Fsp3) is 0.571. The lowest BCUT2D eigenvalue weighted by molar-refractivity contribution is 0.506. The van der Waals surface area contributed by atoms with Crippen molar-refractivity contribution in [2.24, 2.45) is 0 Å². The summed E-state index contributed by atoms with van der Waals surface area (Å²) in [4.78, 5) is 0.704. The molecular weight excluding hydrogens is 264 g/mol. The molecule has 0 spiro atoms. The van der Waals surface area contributed by atoms with Gasteiger partial charge in [-0.2, -0.15) is 22.3 Å². The number of nitrogens with zero attached hydrogens (tertiary/aromatic N) is 5. The lowest BCUT2D eigenvalue weighted by Crippen LogP contribution is -2.36. The van der Waals surface area contributed by atoms with Crippen LogP contribution in [0.1, 0.15) is 5.01 Å². The maximum atomic E-state index is 11.4. The maximum Gasteiger partial charge on any atom is 0.278 e. The van der Waals surface area contributed by atoms with E-state index in [-0.39, 0.29) is 0 Å². The molecule has 10 heteroatoms. The standard InChI is InChI=1S/C7H12N6O2S2/c1-12(2)17(14,15)9-4-3-6-11-13-5-8-10-7(13)16-6/h5,9H,3-4H2,1-2H3. The van der Waals surface area contributed by atoms with Crippen LogP contribution in [-0.2, 0) is 16.6 Å². The summed E-state index contributed by atoms with van der Waals surface area (Å²) in [5, 5.41) is 12.5. The predicted molar refractivity (Wildman–Crippen MR) is 63.0 cm³/mol. The molecule has 2 heterocycles. The Kier molecular flexibility index (Phi) is 3.38. The molecule has 0 bridgehead atoms. The second-order valence-electron chi connectivity index (χ2n) is 3.49. The Hall–Kier alpha value is -1.10. The SMILES string of the molecule is CN(C)S(=O)(=O)NCCc1nn2cnnc2s1. The highest BCUT2D eigenvalue weighted by molar-refractivity contribution is 7.87. The summed E-state index contributed by atoms with van der Waals surface area (Å²) in [6.45, 7) is 0.310. The van der Waals surface area contributed by atoms with E-state index >= 15 is 0 Å². The van der Waals surface area contributed by atoms with Gasteiger partial charge in [0, 0.05) is 27.1 Å². The molecule has 0 atom stereocenters. The molecule has 94 valence electrons. The molecule has 0 aliphatic heterocycles. The van der Waals surface area contributed by atoms with Gasteiger partial charge in [-0.1, -0.05) is 11.3 Å². The summed E-state index contributed by atoms with van der Waals surface area (Å²) in [5.74, 6) is 0. The minimum Gasteiger partial charge on any atom is -0.202 e. The summed E-state index contributed by atoms with van der Waals surface area (Å²) in [6.07, 6.45) is 2.04. The van der Waals surface area contributed by atoms with E-state index in [1.54, 1.807) is 4.52 Å². The molecule has 0 unspecified atom stereocenters. The zero-order valence-corrected chi connectivity index (χ0v) is 11.0. The Bertz CT molecular complexity index is 572. The lowest BCUT2D eigenvalue weighted by atomic mass is 10.5.